The second-order valence-electron chi connectivity index (χ2n) is 12.9. The van der Waals surface area contributed by atoms with E-state index in [4.69, 9.17) is 18.8 Å². The highest BCUT2D eigenvalue weighted by Crippen LogP contribution is 2.20. The van der Waals surface area contributed by atoms with Gasteiger partial charge in [-0.15, -0.1) is 0 Å². The summed E-state index contributed by atoms with van der Waals surface area (Å²) in [7, 11) is -1.43. The Bertz CT molecular complexity index is 1570. The second kappa shape index (κ2) is 25.8. The van der Waals surface area contributed by atoms with E-state index < -0.39 is 41.0 Å². The molecule has 0 bridgehead atoms. The van der Waals surface area contributed by atoms with Gasteiger partial charge in [0.2, 0.25) is 12.3 Å². The van der Waals surface area contributed by atoms with Crippen molar-refractivity contribution in [1.82, 2.24) is 10.6 Å². The minimum absolute atomic E-state index is 0.0434. The monoisotopic (exact) mass is 758 g/mol. The summed E-state index contributed by atoms with van der Waals surface area (Å²) in [6, 6.07) is -1.35. The van der Waals surface area contributed by atoms with Crippen LogP contribution in [0.2, 0.25) is 0 Å². The maximum Gasteiger partial charge on any atom is 0.397 e. The first-order chi connectivity index (χ1) is 25.1. The minimum atomic E-state index is -4.80. The van der Waals surface area contributed by atoms with Gasteiger partial charge >= 0.3 is 16.4 Å². The molecular weight excluding hydrogens is 701 g/mol. The summed E-state index contributed by atoms with van der Waals surface area (Å²) >= 11 is 0. The van der Waals surface area contributed by atoms with Gasteiger partial charge in [-0.3, -0.25) is 14.1 Å². The zero-order valence-corrected chi connectivity index (χ0v) is 33.0. The second-order valence-corrected chi connectivity index (χ2v) is 14.0. The summed E-state index contributed by atoms with van der Waals surface area (Å²) < 4.78 is 52.1. The first kappa shape index (κ1) is 46.9. The molecule has 1 heterocycles. The maximum atomic E-state index is 13.1. The third-order valence-electron chi connectivity index (χ3n) is 8.08. The third kappa shape index (κ3) is 21.9. The highest BCUT2D eigenvalue weighted by molar-refractivity contribution is 7.80. The first-order valence-corrected chi connectivity index (χ1v) is 18.9. The smallest absolute Gasteiger partial charge is 0.397 e. The predicted octanol–water partition coefficient (Wildman–Crippen LogP) is 6.00. The van der Waals surface area contributed by atoms with Crippen LogP contribution in [0.5, 0.6) is 0 Å². The number of ether oxygens (including phenoxy) is 3. The molecule has 0 aromatic carbocycles. The quantitative estimate of drug-likeness (QED) is 0.0930. The van der Waals surface area contributed by atoms with Crippen LogP contribution in [-0.4, -0.2) is 83.0 Å². The first-order valence-electron chi connectivity index (χ1n) is 17.5. The Hall–Kier alpha value is -4.14. The molecule has 2 amide bonds. The molecule has 0 unspecified atom stereocenters. The Labute approximate surface area is 316 Å². The van der Waals surface area contributed by atoms with Gasteiger partial charge in [-0.05, 0) is 58.4 Å². The zero-order chi connectivity index (χ0) is 39.8. The fourth-order valence-corrected chi connectivity index (χ4v) is 5.23. The van der Waals surface area contributed by atoms with Crippen molar-refractivity contribution in [1.29, 1.82) is 0 Å². The molecule has 0 radical (unpaired) electrons. The van der Waals surface area contributed by atoms with E-state index in [2.05, 4.69) is 46.0 Å². The van der Waals surface area contributed by atoms with Crippen LogP contribution in [0.4, 0.5) is 0 Å². The molecule has 294 valence electrons. The fourth-order valence-electron chi connectivity index (χ4n) is 4.92. The van der Waals surface area contributed by atoms with Crippen molar-refractivity contribution >= 4 is 28.7 Å². The van der Waals surface area contributed by atoms with Gasteiger partial charge in [0.05, 0.1) is 18.8 Å². The van der Waals surface area contributed by atoms with Gasteiger partial charge in [-0.2, -0.15) is 8.42 Å². The third-order valence-corrected chi connectivity index (χ3v) is 8.52. The number of hydrogen-bond donors (Lipinski definition) is 3. The van der Waals surface area contributed by atoms with Crippen molar-refractivity contribution in [3.05, 3.63) is 107 Å². The molecular formula is C40H58N2O10S. The lowest BCUT2D eigenvalue weighted by molar-refractivity contribution is -0.142. The summed E-state index contributed by atoms with van der Waals surface area (Å²) in [5.41, 5.74) is 3.66. The summed E-state index contributed by atoms with van der Waals surface area (Å²) in [5, 5.41) is 4.73. The zero-order valence-electron chi connectivity index (χ0n) is 32.2. The van der Waals surface area contributed by atoms with Gasteiger partial charge in [0.25, 0.3) is 0 Å². The van der Waals surface area contributed by atoms with E-state index in [1.165, 1.54) is 11.6 Å². The van der Waals surface area contributed by atoms with E-state index >= 15 is 0 Å². The largest absolute Gasteiger partial charge is 0.454 e. The highest BCUT2D eigenvalue weighted by Gasteiger charge is 2.22. The van der Waals surface area contributed by atoms with Crippen LogP contribution in [0.15, 0.2) is 107 Å². The van der Waals surface area contributed by atoms with E-state index in [0.29, 0.717) is 5.57 Å². The predicted molar refractivity (Wildman–Crippen MR) is 208 cm³/mol. The van der Waals surface area contributed by atoms with E-state index in [0.717, 1.165) is 30.4 Å². The number of methoxy groups -OCH3 is 2. The van der Waals surface area contributed by atoms with Crippen molar-refractivity contribution in [2.45, 2.75) is 85.2 Å². The highest BCUT2D eigenvalue weighted by atomic mass is 32.3. The van der Waals surface area contributed by atoms with Gasteiger partial charge in [0, 0.05) is 32.8 Å². The van der Waals surface area contributed by atoms with Crippen LogP contribution >= 0.6 is 0 Å². The van der Waals surface area contributed by atoms with Crippen molar-refractivity contribution in [3.8, 4) is 0 Å². The molecule has 0 spiro atoms. The minimum Gasteiger partial charge on any atom is -0.454 e. The molecule has 0 saturated heterocycles. The number of hydrogen-bond acceptors (Lipinski definition) is 9. The Morgan fingerprint density at radius 1 is 1.00 bits per heavy atom. The Morgan fingerprint density at radius 3 is 2.34 bits per heavy atom. The van der Waals surface area contributed by atoms with Crippen LogP contribution < -0.4 is 10.6 Å². The molecule has 53 heavy (non-hydrogen) atoms. The van der Waals surface area contributed by atoms with E-state index in [9.17, 15) is 22.8 Å². The number of rotatable bonds is 12. The normalized spacial score (nSPS) is 29.0. The molecule has 3 N–H and O–H groups in total. The number of carbonyl (C=O) groups is 3. The lowest BCUT2D eigenvalue weighted by atomic mass is 9.96. The van der Waals surface area contributed by atoms with Gasteiger partial charge in [-0.1, -0.05) is 110 Å². The average Bonchev–Trinajstić information content (AvgIpc) is 3.11. The summed E-state index contributed by atoms with van der Waals surface area (Å²) in [6.45, 7) is 10.9. The maximum absolute atomic E-state index is 13.1. The average molecular weight is 759 g/mol. The van der Waals surface area contributed by atoms with Gasteiger partial charge in [0.15, 0.2) is 0 Å². The molecule has 0 fully saturated rings. The lowest BCUT2D eigenvalue weighted by Gasteiger charge is -2.22. The molecule has 1 aliphatic rings. The number of cyclic esters (lactones) is 1. The van der Waals surface area contributed by atoms with E-state index in [1.807, 2.05) is 64.2 Å². The van der Waals surface area contributed by atoms with Crippen LogP contribution in [0.1, 0.15) is 60.8 Å². The fraction of sp³-hybridized carbons (Fsp3) is 0.475. The topological polar surface area (TPSA) is 167 Å². The Morgan fingerprint density at radius 2 is 1.68 bits per heavy atom. The van der Waals surface area contributed by atoms with Crippen molar-refractivity contribution < 1.29 is 45.7 Å². The lowest BCUT2D eigenvalue weighted by Crippen LogP contribution is -2.47. The number of esters is 1. The van der Waals surface area contributed by atoms with Crippen molar-refractivity contribution in [3.63, 3.8) is 0 Å². The van der Waals surface area contributed by atoms with Crippen LogP contribution in [0.25, 0.3) is 0 Å². The van der Waals surface area contributed by atoms with Crippen LogP contribution in [-0.2, 0) is 43.2 Å². The molecule has 0 aliphatic carbocycles. The van der Waals surface area contributed by atoms with E-state index in [1.54, 1.807) is 39.4 Å². The molecule has 6 atom stereocenters. The van der Waals surface area contributed by atoms with E-state index in [-0.39, 0.29) is 37.0 Å². The Kier molecular flexibility index (Phi) is 22.8. The number of nitrogens with one attached hydrogen (secondary N) is 2. The molecule has 0 aromatic rings. The van der Waals surface area contributed by atoms with Gasteiger partial charge in [-0.25, -0.2) is 8.98 Å². The van der Waals surface area contributed by atoms with Crippen molar-refractivity contribution in [2.75, 3.05) is 27.4 Å². The number of amides is 2. The number of allylic oxidation sites excluding steroid dienone is 11. The van der Waals surface area contributed by atoms with Crippen LogP contribution in [0.3, 0.4) is 0 Å². The number of carbonyl (C=O) groups excluding carboxylic acids is 3. The standard InChI is InChI=1S/C40H58N2O10S/c1-29-13-11-17-35(49-7)16-10-9-15-33(5)39(52-38(44)24-22-30(2)19-20-31(3)25-36(50-8)18-12-14-29)34(6)23-21-32(4)26-41-40(45)37(42-28-43)27-51-53(46,47)48/h9-10,12-16,19-25,28,30,33,35-37,39H,11,17-18,26-27H2,1-8H3,(H,41,45)(H,42,43)(H,46,47,48)/b14-12-,15-9-,16-10-,20-19-,24-22-,29-13-,31-25-,32-21+,34-23-/t30-,33+,35-,36+,37+,39+/m1/s1. The summed E-state index contributed by atoms with van der Waals surface area (Å²) in [5.74, 6) is -1.48. The van der Waals surface area contributed by atoms with Crippen LogP contribution in [0, 0.1) is 11.8 Å². The SMILES string of the molecule is CO[C@@H]1/C=C(C)\C=C/[C@@H](C)/C=C\C(=O)O[C@H](/C(C)=C\C=C(/C)CNC(=O)[C@H](COS(=O)(=O)O)NC=O)[C@@H](C)/C=C\C=C/[C@@H](OC)CC/C=C(C)\C=C/C1. The molecule has 1 rings (SSSR count). The Balaban J connectivity index is 3.30. The molecule has 0 saturated carbocycles. The van der Waals surface area contributed by atoms with Crippen molar-refractivity contribution in [2.24, 2.45) is 11.8 Å². The summed E-state index contributed by atoms with van der Waals surface area (Å²) in [6.07, 6.45) is 28.9. The van der Waals surface area contributed by atoms with Gasteiger partial charge in [0.1, 0.15) is 12.1 Å². The molecule has 0 aromatic heterocycles. The van der Waals surface area contributed by atoms with Gasteiger partial charge < -0.3 is 24.8 Å². The summed E-state index contributed by atoms with van der Waals surface area (Å²) in [4.78, 5) is 36.5. The molecule has 13 heteroatoms. The molecule has 1 aliphatic heterocycles. The molecule has 12 nitrogen and oxygen atoms in total.